The first-order valence-electron chi connectivity index (χ1n) is 4.10. The molecule has 1 aromatic rings. The van der Waals surface area contributed by atoms with Gasteiger partial charge in [-0.3, -0.25) is 4.72 Å². The molecule has 0 saturated carbocycles. The summed E-state index contributed by atoms with van der Waals surface area (Å²) >= 11 is 1.15. The molecular weight excluding hydrogens is 224 g/mol. The molecule has 14 heavy (non-hydrogen) atoms. The molecule has 0 unspecified atom stereocenters. The number of hydrogen-bond acceptors (Lipinski definition) is 6. The van der Waals surface area contributed by atoms with Gasteiger partial charge in [0.15, 0.2) is 0 Å². The van der Waals surface area contributed by atoms with Crippen molar-refractivity contribution in [3.8, 4) is 0 Å². The molecule has 1 heterocycles. The highest BCUT2D eigenvalue weighted by Gasteiger charge is 2.11. The van der Waals surface area contributed by atoms with Crippen LogP contribution in [0, 0.1) is 0 Å². The molecule has 0 aliphatic rings. The third-order valence-electron chi connectivity index (χ3n) is 1.36. The Kier molecular flexibility index (Phi) is 3.78. The average molecular weight is 236 g/mol. The fraction of sp³-hybridized carbons (Fsp3) is 0.667. The molecule has 0 saturated heterocycles. The van der Waals surface area contributed by atoms with Crippen LogP contribution in [0.25, 0.3) is 0 Å². The molecule has 1 aromatic heterocycles. The number of rotatable bonds is 5. The number of anilines is 1. The SMILES string of the molecule is CCCS(=O)(=O)Nc1nnc(CN)s1. The Morgan fingerprint density at radius 2 is 2.21 bits per heavy atom. The van der Waals surface area contributed by atoms with Crippen molar-refractivity contribution in [1.29, 1.82) is 0 Å². The quantitative estimate of drug-likeness (QED) is 0.758. The summed E-state index contributed by atoms with van der Waals surface area (Å²) in [6.45, 7) is 2.07. The van der Waals surface area contributed by atoms with E-state index in [-0.39, 0.29) is 17.4 Å². The van der Waals surface area contributed by atoms with Crippen molar-refractivity contribution in [2.75, 3.05) is 10.5 Å². The van der Waals surface area contributed by atoms with Gasteiger partial charge in [0.2, 0.25) is 15.2 Å². The third-order valence-corrected chi connectivity index (χ3v) is 3.80. The molecule has 0 fully saturated rings. The van der Waals surface area contributed by atoms with Crippen LogP contribution < -0.4 is 10.5 Å². The zero-order valence-electron chi connectivity index (χ0n) is 7.73. The average Bonchev–Trinajstić information content (AvgIpc) is 2.51. The van der Waals surface area contributed by atoms with E-state index in [1.807, 2.05) is 0 Å². The fourth-order valence-corrected chi connectivity index (χ4v) is 2.79. The molecule has 0 aromatic carbocycles. The van der Waals surface area contributed by atoms with Gasteiger partial charge < -0.3 is 5.73 Å². The summed E-state index contributed by atoms with van der Waals surface area (Å²) in [5.41, 5.74) is 5.32. The first kappa shape index (κ1) is 11.3. The van der Waals surface area contributed by atoms with E-state index in [0.29, 0.717) is 11.4 Å². The highest BCUT2D eigenvalue weighted by atomic mass is 32.2. The molecule has 0 bridgehead atoms. The van der Waals surface area contributed by atoms with Crippen molar-refractivity contribution < 1.29 is 8.42 Å². The van der Waals surface area contributed by atoms with E-state index < -0.39 is 10.0 Å². The van der Waals surface area contributed by atoms with Crippen LogP contribution in [0.1, 0.15) is 18.4 Å². The van der Waals surface area contributed by atoms with Crippen molar-refractivity contribution >= 4 is 26.5 Å². The summed E-state index contributed by atoms with van der Waals surface area (Å²) in [6, 6.07) is 0. The number of nitrogens with zero attached hydrogens (tertiary/aromatic N) is 2. The van der Waals surface area contributed by atoms with Crippen molar-refractivity contribution in [2.24, 2.45) is 5.73 Å². The van der Waals surface area contributed by atoms with Gasteiger partial charge in [-0.2, -0.15) is 0 Å². The molecule has 0 aliphatic carbocycles. The maximum Gasteiger partial charge on any atom is 0.234 e. The summed E-state index contributed by atoms with van der Waals surface area (Å²) in [5.74, 6) is 0.0878. The standard InChI is InChI=1S/C6H12N4O2S2/c1-2-3-14(11,12)10-6-9-8-5(4-7)13-6/h2-4,7H2,1H3,(H,9,10). The van der Waals surface area contributed by atoms with Gasteiger partial charge in [0, 0.05) is 6.54 Å². The Bertz CT molecular complexity index is 386. The molecule has 0 atom stereocenters. The van der Waals surface area contributed by atoms with Gasteiger partial charge in [0.25, 0.3) is 0 Å². The van der Waals surface area contributed by atoms with Gasteiger partial charge in [-0.25, -0.2) is 8.42 Å². The van der Waals surface area contributed by atoms with Gasteiger partial charge >= 0.3 is 0 Å². The van der Waals surface area contributed by atoms with E-state index in [1.54, 1.807) is 6.92 Å². The topological polar surface area (TPSA) is 98.0 Å². The van der Waals surface area contributed by atoms with E-state index >= 15 is 0 Å². The van der Waals surface area contributed by atoms with Gasteiger partial charge in [0.1, 0.15) is 5.01 Å². The van der Waals surface area contributed by atoms with Crippen molar-refractivity contribution in [3.63, 3.8) is 0 Å². The molecular formula is C6H12N4O2S2. The molecule has 0 amide bonds. The van der Waals surface area contributed by atoms with Gasteiger partial charge in [-0.05, 0) is 6.42 Å². The van der Waals surface area contributed by atoms with Crippen LogP contribution >= 0.6 is 11.3 Å². The fourth-order valence-electron chi connectivity index (χ4n) is 0.830. The molecule has 0 aliphatic heterocycles. The third kappa shape index (κ3) is 3.20. The smallest absolute Gasteiger partial charge is 0.234 e. The molecule has 8 heteroatoms. The zero-order valence-corrected chi connectivity index (χ0v) is 9.36. The Morgan fingerprint density at radius 3 is 2.71 bits per heavy atom. The zero-order chi connectivity index (χ0) is 10.6. The maximum atomic E-state index is 11.3. The minimum atomic E-state index is -3.26. The summed E-state index contributed by atoms with van der Waals surface area (Å²) in [6.07, 6.45) is 0.567. The lowest BCUT2D eigenvalue weighted by Crippen LogP contribution is -2.15. The van der Waals surface area contributed by atoms with Crippen LogP contribution in [0.15, 0.2) is 0 Å². The van der Waals surface area contributed by atoms with Gasteiger partial charge in [0.05, 0.1) is 5.75 Å². The second kappa shape index (κ2) is 4.67. The van der Waals surface area contributed by atoms with Crippen LogP contribution in [-0.4, -0.2) is 24.4 Å². The second-order valence-corrected chi connectivity index (χ2v) is 5.53. The minimum absolute atomic E-state index is 0.0878. The highest BCUT2D eigenvalue weighted by Crippen LogP contribution is 2.15. The number of nitrogens with one attached hydrogen (secondary N) is 1. The molecule has 1 rings (SSSR count). The predicted molar refractivity (Wildman–Crippen MR) is 55.5 cm³/mol. The first-order chi connectivity index (χ1) is 6.57. The van der Waals surface area contributed by atoms with Crippen molar-refractivity contribution in [2.45, 2.75) is 19.9 Å². The summed E-state index contributed by atoms with van der Waals surface area (Å²) in [4.78, 5) is 0. The molecule has 3 N–H and O–H groups in total. The first-order valence-corrected chi connectivity index (χ1v) is 6.57. The van der Waals surface area contributed by atoms with E-state index in [4.69, 9.17) is 5.73 Å². The number of aromatic nitrogens is 2. The van der Waals surface area contributed by atoms with E-state index in [9.17, 15) is 8.42 Å². The van der Waals surface area contributed by atoms with Crippen LogP contribution in [-0.2, 0) is 16.6 Å². The number of hydrogen-bond donors (Lipinski definition) is 2. The van der Waals surface area contributed by atoms with Gasteiger partial charge in [-0.1, -0.05) is 18.3 Å². The summed E-state index contributed by atoms with van der Waals surface area (Å²) < 4.78 is 24.9. The Morgan fingerprint density at radius 1 is 1.50 bits per heavy atom. The molecule has 0 spiro atoms. The predicted octanol–water partition coefficient (Wildman–Crippen LogP) is 0.148. The highest BCUT2D eigenvalue weighted by molar-refractivity contribution is 7.92. The molecule has 0 radical (unpaired) electrons. The van der Waals surface area contributed by atoms with E-state index in [1.165, 1.54) is 0 Å². The second-order valence-electron chi connectivity index (χ2n) is 2.63. The summed E-state index contributed by atoms with van der Waals surface area (Å²) in [7, 11) is -3.26. The largest absolute Gasteiger partial charge is 0.324 e. The van der Waals surface area contributed by atoms with Crippen LogP contribution in [0.5, 0.6) is 0 Å². The Hall–Kier alpha value is -0.730. The van der Waals surface area contributed by atoms with Crippen LogP contribution in [0.3, 0.4) is 0 Å². The van der Waals surface area contributed by atoms with Crippen molar-refractivity contribution in [1.82, 2.24) is 10.2 Å². The molecule has 80 valence electrons. The van der Waals surface area contributed by atoms with Gasteiger partial charge in [-0.15, -0.1) is 10.2 Å². The molecule has 6 nitrogen and oxygen atoms in total. The normalized spacial score (nSPS) is 11.6. The minimum Gasteiger partial charge on any atom is -0.324 e. The van der Waals surface area contributed by atoms with E-state index in [0.717, 1.165) is 11.3 Å². The van der Waals surface area contributed by atoms with Crippen LogP contribution in [0.4, 0.5) is 5.13 Å². The Balaban J connectivity index is 2.69. The van der Waals surface area contributed by atoms with E-state index in [2.05, 4.69) is 14.9 Å². The lowest BCUT2D eigenvalue weighted by Gasteiger charge is -2.00. The number of sulfonamides is 1. The van der Waals surface area contributed by atoms with Crippen LogP contribution in [0.2, 0.25) is 0 Å². The van der Waals surface area contributed by atoms with Crippen molar-refractivity contribution in [3.05, 3.63) is 5.01 Å². The Labute approximate surface area is 86.6 Å². The monoisotopic (exact) mass is 236 g/mol. The lowest BCUT2D eigenvalue weighted by molar-refractivity contribution is 0.600. The summed E-state index contributed by atoms with van der Waals surface area (Å²) in [5, 5.41) is 8.24. The number of nitrogens with two attached hydrogens (primary N) is 1. The lowest BCUT2D eigenvalue weighted by atomic mass is 10.6. The maximum absolute atomic E-state index is 11.3.